The van der Waals surface area contributed by atoms with Crippen LogP contribution in [0.3, 0.4) is 0 Å². The first-order valence-electron chi connectivity index (χ1n) is 4.63. The zero-order chi connectivity index (χ0) is 9.52. The van der Waals surface area contributed by atoms with Crippen molar-refractivity contribution in [2.45, 2.75) is 29.6 Å². The molecule has 0 saturated carbocycles. The first-order valence-corrected chi connectivity index (χ1v) is 6.84. The molecule has 0 amide bonds. The van der Waals surface area contributed by atoms with Gasteiger partial charge in [0.1, 0.15) is 0 Å². The highest BCUT2D eigenvalue weighted by Crippen LogP contribution is 2.22. The normalized spacial score (nSPS) is 10.3. The Morgan fingerprint density at radius 2 is 1.69 bits per heavy atom. The summed E-state index contributed by atoms with van der Waals surface area (Å²) < 4.78 is 0. The minimum atomic E-state index is 1.25. The predicted molar refractivity (Wildman–Crippen MR) is 63.9 cm³/mol. The SMILES string of the molecule is CCCCSc1ccc(SC)cc1. The van der Waals surface area contributed by atoms with Crippen molar-refractivity contribution < 1.29 is 0 Å². The van der Waals surface area contributed by atoms with E-state index in [1.807, 2.05) is 11.8 Å². The standard InChI is InChI=1S/C11H16S2/c1-3-4-9-13-11-7-5-10(12-2)6-8-11/h5-8H,3-4,9H2,1-2H3. The van der Waals surface area contributed by atoms with Gasteiger partial charge in [0, 0.05) is 9.79 Å². The Labute approximate surface area is 89.5 Å². The molecule has 0 bridgehead atoms. The molecule has 0 fully saturated rings. The maximum Gasteiger partial charge on any atom is 0.00727 e. The summed E-state index contributed by atoms with van der Waals surface area (Å²) in [5, 5.41) is 0. The van der Waals surface area contributed by atoms with Crippen molar-refractivity contribution in [3.63, 3.8) is 0 Å². The van der Waals surface area contributed by atoms with Crippen molar-refractivity contribution in [3.8, 4) is 0 Å². The Morgan fingerprint density at radius 1 is 1.08 bits per heavy atom. The van der Waals surface area contributed by atoms with Gasteiger partial charge in [-0.05, 0) is 42.7 Å². The van der Waals surface area contributed by atoms with E-state index in [9.17, 15) is 0 Å². The van der Waals surface area contributed by atoms with E-state index < -0.39 is 0 Å². The smallest absolute Gasteiger partial charge is 0.00727 e. The fourth-order valence-electron chi connectivity index (χ4n) is 1.01. The number of rotatable bonds is 5. The molecule has 0 aliphatic carbocycles. The lowest BCUT2D eigenvalue weighted by molar-refractivity contribution is 0.896. The van der Waals surface area contributed by atoms with E-state index >= 15 is 0 Å². The maximum atomic E-state index is 2.23. The zero-order valence-corrected chi connectivity index (χ0v) is 9.88. The minimum Gasteiger partial charge on any atom is -0.130 e. The van der Waals surface area contributed by atoms with E-state index in [0.29, 0.717) is 0 Å². The van der Waals surface area contributed by atoms with Gasteiger partial charge in [-0.2, -0.15) is 0 Å². The molecule has 0 saturated heterocycles. The molecule has 0 atom stereocenters. The van der Waals surface area contributed by atoms with E-state index in [1.54, 1.807) is 11.8 Å². The molecule has 0 nitrogen and oxygen atoms in total. The molecule has 0 aliphatic heterocycles. The zero-order valence-electron chi connectivity index (χ0n) is 8.25. The Hall–Kier alpha value is -0.0800. The Balaban J connectivity index is 2.40. The molecule has 72 valence electrons. The van der Waals surface area contributed by atoms with Crippen molar-refractivity contribution in [1.82, 2.24) is 0 Å². The van der Waals surface area contributed by atoms with Crippen molar-refractivity contribution in [2.24, 2.45) is 0 Å². The van der Waals surface area contributed by atoms with Crippen LogP contribution in [-0.4, -0.2) is 12.0 Å². The number of thioether (sulfide) groups is 2. The van der Waals surface area contributed by atoms with Gasteiger partial charge in [-0.1, -0.05) is 13.3 Å². The fourth-order valence-corrected chi connectivity index (χ4v) is 2.41. The van der Waals surface area contributed by atoms with Gasteiger partial charge in [-0.25, -0.2) is 0 Å². The summed E-state index contributed by atoms with van der Waals surface area (Å²) in [5.41, 5.74) is 0. The molecule has 1 aromatic carbocycles. The lowest BCUT2D eigenvalue weighted by Crippen LogP contribution is -1.78. The molecule has 0 aromatic heterocycles. The van der Waals surface area contributed by atoms with Crippen LogP contribution < -0.4 is 0 Å². The van der Waals surface area contributed by atoms with Crippen molar-refractivity contribution in [1.29, 1.82) is 0 Å². The number of unbranched alkanes of at least 4 members (excludes halogenated alkanes) is 1. The lowest BCUT2D eigenvalue weighted by atomic mass is 10.4. The van der Waals surface area contributed by atoms with Crippen LogP contribution in [0.15, 0.2) is 34.1 Å². The summed E-state index contributed by atoms with van der Waals surface area (Å²) in [7, 11) is 0. The topological polar surface area (TPSA) is 0 Å². The van der Waals surface area contributed by atoms with Crippen molar-refractivity contribution in [2.75, 3.05) is 12.0 Å². The summed E-state index contributed by atoms with van der Waals surface area (Å²) in [6.07, 6.45) is 4.71. The third kappa shape index (κ3) is 4.10. The molecular weight excluding hydrogens is 196 g/mol. The molecule has 1 rings (SSSR count). The number of benzene rings is 1. The van der Waals surface area contributed by atoms with Gasteiger partial charge in [-0.3, -0.25) is 0 Å². The van der Waals surface area contributed by atoms with Crippen LogP contribution in [0.4, 0.5) is 0 Å². The molecule has 13 heavy (non-hydrogen) atoms. The average molecular weight is 212 g/mol. The second-order valence-electron chi connectivity index (χ2n) is 2.88. The van der Waals surface area contributed by atoms with E-state index in [-0.39, 0.29) is 0 Å². The third-order valence-corrected chi connectivity index (χ3v) is 3.67. The molecule has 0 spiro atoms. The summed E-state index contributed by atoms with van der Waals surface area (Å²) in [5.74, 6) is 1.25. The van der Waals surface area contributed by atoms with E-state index in [4.69, 9.17) is 0 Å². The molecule has 2 heteroatoms. The quantitative estimate of drug-likeness (QED) is 0.527. The van der Waals surface area contributed by atoms with Gasteiger partial charge in [0.2, 0.25) is 0 Å². The van der Waals surface area contributed by atoms with Crippen LogP contribution in [0, 0.1) is 0 Å². The second kappa shape index (κ2) is 6.39. The molecule has 0 radical (unpaired) electrons. The van der Waals surface area contributed by atoms with E-state index in [0.717, 1.165) is 0 Å². The highest BCUT2D eigenvalue weighted by atomic mass is 32.2. The van der Waals surface area contributed by atoms with Gasteiger partial charge >= 0.3 is 0 Å². The minimum absolute atomic E-state index is 1.25. The molecular formula is C11H16S2. The first kappa shape index (κ1) is 11.0. The largest absolute Gasteiger partial charge is 0.130 e. The molecule has 0 heterocycles. The molecule has 0 unspecified atom stereocenters. The maximum absolute atomic E-state index is 2.23. The van der Waals surface area contributed by atoms with Crippen molar-refractivity contribution in [3.05, 3.63) is 24.3 Å². The molecule has 1 aromatic rings. The summed E-state index contributed by atoms with van der Waals surface area (Å²) >= 11 is 3.75. The predicted octanol–water partition coefficient (Wildman–Crippen LogP) is 4.30. The van der Waals surface area contributed by atoms with Crippen LogP contribution >= 0.6 is 23.5 Å². The fraction of sp³-hybridized carbons (Fsp3) is 0.455. The van der Waals surface area contributed by atoms with Crippen molar-refractivity contribution >= 4 is 23.5 Å². The van der Waals surface area contributed by atoms with Gasteiger partial charge in [-0.15, -0.1) is 23.5 Å². The summed E-state index contributed by atoms with van der Waals surface area (Å²) in [6.45, 7) is 2.23. The Morgan fingerprint density at radius 3 is 2.23 bits per heavy atom. The van der Waals surface area contributed by atoms with E-state index in [2.05, 4.69) is 37.4 Å². The van der Waals surface area contributed by atoms with Gasteiger partial charge in [0.25, 0.3) is 0 Å². The third-order valence-electron chi connectivity index (χ3n) is 1.83. The van der Waals surface area contributed by atoms with Crippen LogP contribution in [0.2, 0.25) is 0 Å². The van der Waals surface area contributed by atoms with E-state index in [1.165, 1.54) is 28.4 Å². The van der Waals surface area contributed by atoms with Gasteiger partial charge in [0.05, 0.1) is 0 Å². The first-order chi connectivity index (χ1) is 6.36. The number of hydrogen-bond donors (Lipinski definition) is 0. The Bertz CT molecular complexity index is 228. The summed E-state index contributed by atoms with van der Waals surface area (Å²) in [4.78, 5) is 2.74. The van der Waals surface area contributed by atoms with Crippen LogP contribution in [0.5, 0.6) is 0 Å². The van der Waals surface area contributed by atoms with Crippen LogP contribution in [0.1, 0.15) is 19.8 Å². The Kier molecular flexibility index (Phi) is 5.40. The second-order valence-corrected chi connectivity index (χ2v) is 4.93. The molecule has 0 N–H and O–H groups in total. The lowest BCUT2D eigenvalue weighted by Gasteiger charge is -2.01. The average Bonchev–Trinajstić information content (AvgIpc) is 2.19. The van der Waals surface area contributed by atoms with Gasteiger partial charge in [0.15, 0.2) is 0 Å². The van der Waals surface area contributed by atoms with Gasteiger partial charge < -0.3 is 0 Å². The number of hydrogen-bond acceptors (Lipinski definition) is 2. The monoisotopic (exact) mass is 212 g/mol. The highest BCUT2D eigenvalue weighted by Gasteiger charge is 1.93. The molecule has 0 aliphatic rings. The highest BCUT2D eigenvalue weighted by molar-refractivity contribution is 7.99. The van der Waals surface area contributed by atoms with Crippen LogP contribution in [0.25, 0.3) is 0 Å². The summed E-state index contributed by atoms with van der Waals surface area (Å²) in [6, 6.07) is 8.82. The van der Waals surface area contributed by atoms with Crippen LogP contribution in [-0.2, 0) is 0 Å².